The van der Waals surface area contributed by atoms with E-state index in [2.05, 4.69) is 11.9 Å². The SMILES string of the molecule is C=C[13C](=O)NC(CO)(CO)CO. The number of carbonyl (C=O) groups excluding carboxylic acids is 1. The lowest BCUT2D eigenvalue weighted by atomic mass is 10.1. The van der Waals surface area contributed by atoms with Gasteiger partial charge in [-0.05, 0) is 6.08 Å². The number of rotatable bonds is 5. The van der Waals surface area contributed by atoms with Gasteiger partial charge in [-0.25, -0.2) is 0 Å². The van der Waals surface area contributed by atoms with E-state index in [1.165, 1.54) is 0 Å². The molecule has 0 heterocycles. The van der Waals surface area contributed by atoms with Crippen LogP contribution in [0.25, 0.3) is 0 Å². The van der Waals surface area contributed by atoms with E-state index >= 15 is 0 Å². The summed E-state index contributed by atoms with van der Waals surface area (Å²) in [6, 6.07) is 0. The molecule has 0 atom stereocenters. The van der Waals surface area contributed by atoms with Gasteiger partial charge >= 0.3 is 0 Å². The molecular formula is C7H13NO4. The Kier molecular flexibility index (Phi) is 4.50. The van der Waals surface area contributed by atoms with Crippen molar-refractivity contribution >= 4 is 5.91 Å². The molecule has 0 aliphatic heterocycles. The first kappa shape index (κ1) is 11.1. The minimum absolute atomic E-state index is 0.528. The molecule has 5 nitrogen and oxygen atoms in total. The van der Waals surface area contributed by atoms with Crippen molar-refractivity contribution in [1.29, 1.82) is 0 Å². The number of aliphatic hydroxyl groups excluding tert-OH is 3. The highest BCUT2D eigenvalue weighted by molar-refractivity contribution is 5.87. The lowest BCUT2D eigenvalue weighted by molar-refractivity contribution is -0.120. The molecule has 0 saturated carbocycles. The van der Waals surface area contributed by atoms with Crippen molar-refractivity contribution in [1.82, 2.24) is 5.32 Å². The van der Waals surface area contributed by atoms with Gasteiger partial charge in [0.1, 0.15) is 5.54 Å². The van der Waals surface area contributed by atoms with Gasteiger partial charge < -0.3 is 20.6 Å². The third kappa shape index (κ3) is 2.61. The van der Waals surface area contributed by atoms with E-state index in [4.69, 9.17) is 15.3 Å². The highest BCUT2D eigenvalue weighted by Gasteiger charge is 2.28. The number of nitrogens with one attached hydrogen (secondary N) is 1. The number of aliphatic hydroxyl groups is 3. The monoisotopic (exact) mass is 176 g/mol. The Bertz CT molecular complexity index is 157. The van der Waals surface area contributed by atoms with Crippen LogP contribution in [0.3, 0.4) is 0 Å². The van der Waals surface area contributed by atoms with Gasteiger partial charge in [-0.2, -0.15) is 0 Å². The predicted molar refractivity (Wildman–Crippen MR) is 42.3 cm³/mol. The molecule has 1 amide bonds. The molecule has 0 rings (SSSR count). The van der Waals surface area contributed by atoms with Gasteiger partial charge in [-0.3, -0.25) is 4.79 Å². The average Bonchev–Trinajstić information content (AvgIpc) is 2.14. The maximum absolute atomic E-state index is 10.7. The smallest absolute Gasteiger partial charge is 0.244 e. The fourth-order valence-corrected chi connectivity index (χ4v) is 0.581. The third-order valence-corrected chi connectivity index (χ3v) is 1.48. The van der Waals surface area contributed by atoms with Crippen molar-refractivity contribution in [2.45, 2.75) is 5.54 Å². The second-order valence-electron chi connectivity index (χ2n) is 2.45. The Labute approximate surface area is 70.3 Å². The van der Waals surface area contributed by atoms with Gasteiger partial charge in [0.05, 0.1) is 19.8 Å². The van der Waals surface area contributed by atoms with Crippen LogP contribution in [-0.4, -0.2) is 46.6 Å². The summed E-state index contributed by atoms with van der Waals surface area (Å²) in [5.41, 5.74) is -1.36. The zero-order valence-electron chi connectivity index (χ0n) is 6.66. The average molecular weight is 176 g/mol. The minimum atomic E-state index is -1.36. The van der Waals surface area contributed by atoms with Crippen LogP contribution in [0, 0.1) is 0 Å². The number of amides is 1. The van der Waals surface area contributed by atoms with Gasteiger partial charge in [0.25, 0.3) is 0 Å². The van der Waals surface area contributed by atoms with Gasteiger partial charge in [-0.15, -0.1) is 0 Å². The third-order valence-electron chi connectivity index (χ3n) is 1.48. The van der Waals surface area contributed by atoms with Crippen molar-refractivity contribution < 1.29 is 20.1 Å². The second kappa shape index (κ2) is 4.87. The van der Waals surface area contributed by atoms with Crippen molar-refractivity contribution in [3.05, 3.63) is 12.7 Å². The summed E-state index contributed by atoms with van der Waals surface area (Å²) >= 11 is 0. The molecule has 0 aromatic heterocycles. The second-order valence-corrected chi connectivity index (χ2v) is 2.45. The largest absolute Gasteiger partial charge is 0.394 e. The first-order valence-corrected chi connectivity index (χ1v) is 3.41. The maximum atomic E-state index is 10.7. The van der Waals surface area contributed by atoms with Gasteiger partial charge in [0.15, 0.2) is 0 Å². The van der Waals surface area contributed by atoms with Crippen LogP contribution in [0.4, 0.5) is 0 Å². The molecular weight excluding hydrogens is 163 g/mol. The molecule has 0 aromatic carbocycles. The predicted octanol–water partition coefficient (Wildman–Crippen LogP) is -2.00. The molecule has 70 valence electrons. The van der Waals surface area contributed by atoms with Crippen LogP contribution in [-0.2, 0) is 4.79 Å². The van der Waals surface area contributed by atoms with E-state index in [0.29, 0.717) is 0 Å². The van der Waals surface area contributed by atoms with Gasteiger partial charge in [-0.1, -0.05) is 6.58 Å². The summed E-state index contributed by atoms with van der Waals surface area (Å²) in [5, 5.41) is 28.5. The fraction of sp³-hybridized carbons (Fsp3) is 0.571. The highest BCUT2D eigenvalue weighted by Crippen LogP contribution is 2.00. The van der Waals surface area contributed by atoms with Crippen LogP contribution in [0.1, 0.15) is 0 Å². The van der Waals surface area contributed by atoms with Crippen LogP contribution in [0.5, 0.6) is 0 Å². The van der Waals surface area contributed by atoms with Crippen LogP contribution in [0.2, 0.25) is 0 Å². The summed E-state index contributed by atoms with van der Waals surface area (Å²) in [6.45, 7) is 1.61. The Morgan fingerprint density at radius 1 is 1.33 bits per heavy atom. The minimum Gasteiger partial charge on any atom is -0.394 e. The summed E-state index contributed by atoms with van der Waals surface area (Å²) in [7, 11) is 0. The molecule has 4 N–H and O–H groups in total. The first-order valence-electron chi connectivity index (χ1n) is 3.41. The summed E-state index contributed by atoms with van der Waals surface area (Å²) in [4.78, 5) is 10.7. The molecule has 12 heavy (non-hydrogen) atoms. The number of carbonyl (C=O) groups is 1. The summed E-state index contributed by atoms with van der Waals surface area (Å²) in [5.74, 6) is -0.549. The zero-order chi connectivity index (χ0) is 9.61. The maximum Gasteiger partial charge on any atom is 0.244 e. The molecule has 0 unspecified atom stereocenters. The van der Waals surface area contributed by atoms with E-state index in [1.807, 2.05) is 0 Å². The summed E-state index contributed by atoms with van der Waals surface area (Å²) < 4.78 is 0. The molecule has 0 aliphatic rings. The molecule has 0 spiro atoms. The Hall–Kier alpha value is -0.910. The molecule has 0 aliphatic carbocycles. The molecule has 0 aromatic rings. The van der Waals surface area contributed by atoms with Crippen molar-refractivity contribution in [3.8, 4) is 0 Å². The van der Waals surface area contributed by atoms with E-state index in [1.54, 1.807) is 0 Å². The van der Waals surface area contributed by atoms with Crippen LogP contribution in [0.15, 0.2) is 12.7 Å². The Balaban J connectivity index is 4.29. The van der Waals surface area contributed by atoms with E-state index in [9.17, 15) is 4.79 Å². The van der Waals surface area contributed by atoms with Crippen molar-refractivity contribution in [3.63, 3.8) is 0 Å². The lowest BCUT2D eigenvalue weighted by Crippen LogP contribution is -2.56. The molecule has 0 saturated heterocycles. The Morgan fingerprint density at radius 2 is 1.75 bits per heavy atom. The highest BCUT2D eigenvalue weighted by atomic mass is 16.3. The lowest BCUT2D eigenvalue weighted by Gasteiger charge is -2.27. The molecule has 0 fully saturated rings. The Morgan fingerprint density at radius 3 is 2.00 bits per heavy atom. The molecule has 0 bridgehead atoms. The summed E-state index contributed by atoms with van der Waals surface area (Å²) in [6.07, 6.45) is 0.996. The number of hydrogen-bond donors (Lipinski definition) is 4. The first-order chi connectivity index (χ1) is 5.64. The van der Waals surface area contributed by atoms with Gasteiger partial charge in [0, 0.05) is 0 Å². The normalized spacial score (nSPS) is 10.9. The van der Waals surface area contributed by atoms with E-state index in [-0.39, 0.29) is 0 Å². The fourth-order valence-electron chi connectivity index (χ4n) is 0.581. The van der Waals surface area contributed by atoms with Gasteiger partial charge in [0.2, 0.25) is 5.91 Å². The standard InChI is InChI=1S/C7H13NO4/c1-2-6(12)8-7(3-9,4-10)5-11/h2,9-11H,1,3-5H2,(H,8,12)/i6+1. The molecule has 5 heteroatoms. The molecule has 0 radical (unpaired) electrons. The van der Waals surface area contributed by atoms with E-state index in [0.717, 1.165) is 6.08 Å². The van der Waals surface area contributed by atoms with Crippen LogP contribution >= 0.6 is 0 Å². The topological polar surface area (TPSA) is 89.8 Å². The zero-order valence-corrected chi connectivity index (χ0v) is 6.66. The quantitative estimate of drug-likeness (QED) is 0.288. The number of hydrogen-bond acceptors (Lipinski definition) is 4. The van der Waals surface area contributed by atoms with Crippen LogP contribution < -0.4 is 5.32 Å². The van der Waals surface area contributed by atoms with Crippen molar-refractivity contribution in [2.24, 2.45) is 0 Å². The van der Waals surface area contributed by atoms with Crippen molar-refractivity contribution in [2.75, 3.05) is 19.8 Å². The van der Waals surface area contributed by atoms with E-state index < -0.39 is 31.3 Å².